The van der Waals surface area contributed by atoms with Crippen molar-refractivity contribution < 1.29 is 14.4 Å². The number of nitrogens with one attached hydrogen (secondary N) is 1. The lowest BCUT2D eigenvalue weighted by molar-refractivity contribution is -0.121. The second kappa shape index (κ2) is 7.77. The third-order valence-electron chi connectivity index (χ3n) is 4.55. The average molecular weight is 426 g/mol. The molecule has 2 aromatic carbocycles. The highest BCUT2D eigenvalue weighted by Crippen LogP contribution is 2.31. The van der Waals surface area contributed by atoms with Crippen LogP contribution in [0.2, 0.25) is 5.02 Å². The predicted molar refractivity (Wildman–Crippen MR) is 113 cm³/mol. The van der Waals surface area contributed by atoms with Gasteiger partial charge in [-0.05, 0) is 37.3 Å². The molecule has 1 aliphatic rings. The van der Waals surface area contributed by atoms with Gasteiger partial charge in [0.15, 0.2) is 5.13 Å². The minimum atomic E-state index is -0.359. The first-order valence-electron chi connectivity index (χ1n) is 8.93. The minimum Gasteiger partial charge on any atom is -0.298 e. The molecule has 4 rings (SSSR count). The summed E-state index contributed by atoms with van der Waals surface area (Å²) in [5.74, 6) is -0.867. The number of thiazole rings is 1. The van der Waals surface area contributed by atoms with Crippen LogP contribution in [-0.2, 0) is 9.59 Å². The first kappa shape index (κ1) is 19.3. The summed E-state index contributed by atoms with van der Waals surface area (Å²) < 4.78 is 0. The Hall–Kier alpha value is -3.03. The zero-order valence-electron chi connectivity index (χ0n) is 15.4. The van der Waals surface area contributed by atoms with E-state index in [0.717, 1.165) is 21.0 Å². The van der Waals surface area contributed by atoms with E-state index in [1.165, 1.54) is 17.4 Å². The smallest absolute Gasteiger partial charge is 0.257 e. The maximum Gasteiger partial charge on any atom is 0.257 e. The fourth-order valence-corrected chi connectivity index (χ4v) is 4.10. The summed E-state index contributed by atoms with van der Waals surface area (Å²) in [7, 11) is 0. The van der Waals surface area contributed by atoms with Crippen LogP contribution in [-0.4, -0.2) is 22.7 Å². The summed E-state index contributed by atoms with van der Waals surface area (Å²) in [5.41, 5.74) is 2.44. The monoisotopic (exact) mass is 425 g/mol. The van der Waals surface area contributed by atoms with E-state index in [1.807, 2.05) is 19.1 Å². The number of benzene rings is 2. The van der Waals surface area contributed by atoms with Crippen LogP contribution >= 0.6 is 22.9 Å². The average Bonchev–Trinajstić information content (AvgIpc) is 3.24. The summed E-state index contributed by atoms with van der Waals surface area (Å²) >= 11 is 7.31. The third kappa shape index (κ3) is 3.92. The minimum absolute atomic E-state index is 0.196. The Morgan fingerprint density at radius 3 is 2.48 bits per heavy atom. The fourth-order valence-electron chi connectivity index (χ4n) is 3.15. The SMILES string of the molecule is Cc1sc(NC(=O)c2cccc(N3C(=O)CCC3=O)c2)nc1-c1ccc(Cl)cc1. The number of anilines is 2. The number of aromatic nitrogens is 1. The molecule has 0 saturated carbocycles. The molecule has 3 aromatic rings. The number of carbonyl (C=O) groups is 3. The van der Waals surface area contributed by atoms with Gasteiger partial charge in [-0.1, -0.05) is 29.8 Å². The molecule has 1 fully saturated rings. The molecule has 0 aliphatic carbocycles. The van der Waals surface area contributed by atoms with E-state index in [-0.39, 0.29) is 30.6 Å². The van der Waals surface area contributed by atoms with Crippen LogP contribution in [0.3, 0.4) is 0 Å². The number of hydrogen-bond acceptors (Lipinski definition) is 5. The molecule has 0 unspecified atom stereocenters. The van der Waals surface area contributed by atoms with E-state index in [0.29, 0.717) is 21.4 Å². The fraction of sp³-hybridized carbons (Fsp3) is 0.143. The maximum atomic E-state index is 12.7. The quantitative estimate of drug-likeness (QED) is 0.615. The van der Waals surface area contributed by atoms with Gasteiger partial charge in [0.2, 0.25) is 11.8 Å². The number of imide groups is 1. The molecule has 29 heavy (non-hydrogen) atoms. The molecule has 0 atom stereocenters. The largest absolute Gasteiger partial charge is 0.298 e. The summed E-state index contributed by atoms with van der Waals surface area (Å²) in [6.07, 6.45) is 0.391. The molecule has 8 heteroatoms. The zero-order chi connectivity index (χ0) is 20.5. The summed E-state index contributed by atoms with van der Waals surface area (Å²) in [5, 5.41) is 3.91. The number of nitrogens with zero attached hydrogens (tertiary/aromatic N) is 2. The van der Waals surface area contributed by atoms with Gasteiger partial charge < -0.3 is 0 Å². The first-order chi connectivity index (χ1) is 13.9. The van der Waals surface area contributed by atoms with Crippen LogP contribution in [0.4, 0.5) is 10.8 Å². The lowest BCUT2D eigenvalue weighted by atomic mass is 10.1. The normalized spacial score (nSPS) is 13.8. The van der Waals surface area contributed by atoms with Crippen molar-refractivity contribution in [3.8, 4) is 11.3 Å². The van der Waals surface area contributed by atoms with Gasteiger partial charge in [-0.15, -0.1) is 11.3 Å². The zero-order valence-corrected chi connectivity index (χ0v) is 17.0. The topological polar surface area (TPSA) is 79.4 Å². The van der Waals surface area contributed by atoms with Crippen molar-refractivity contribution in [2.24, 2.45) is 0 Å². The van der Waals surface area contributed by atoms with Gasteiger partial charge in [-0.2, -0.15) is 0 Å². The summed E-state index contributed by atoms with van der Waals surface area (Å²) in [6.45, 7) is 1.93. The molecule has 1 aromatic heterocycles. The Morgan fingerprint density at radius 2 is 1.79 bits per heavy atom. The van der Waals surface area contributed by atoms with Crippen molar-refractivity contribution >= 4 is 51.5 Å². The highest BCUT2D eigenvalue weighted by atomic mass is 35.5. The van der Waals surface area contributed by atoms with Gasteiger partial charge in [0.1, 0.15) is 0 Å². The van der Waals surface area contributed by atoms with Crippen molar-refractivity contribution in [2.75, 3.05) is 10.2 Å². The van der Waals surface area contributed by atoms with E-state index >= 15 is 0 Å². The van der Waals surface area contributed by atoms with E-state index in [4.69, 9.17) is 11.6 Å². The van der Waals surface area contributed by atoms with Gasteiger partial charge in [0, 0.05) is 33.9 Å². The molecule has 0 spiro atoms. The first-order valence-corrected chi connectivity index (χ1v) is 10.1. The molecule has 6 nitrogen and oxygen atoms in total. The van der Waals surface area contributed by atoms with Gasteiger partial charge in [-0.25, -0.2) is 4.98 Å². The molecular formula is C21H16ClN3O3S. The molecule has 0 bridgehead atoms. The number of aryl methyl sites for hydroxylation is 1. The lowest BCUT2D eigenvalue weighted by Crippen LogP contribution is -2.28. The van der Waals surface area contributed by atoms with Gasteiger partial charge in [0.05, 0.1) is 11.4 Å². The Kier molecular flexibility index (Phi) is 5.17. The van der Waals surface area contributed by atoms with E-state index < -0.39 is 0 Å². The summed E-state index contributed by atoms with van der Waals surface area (Å²) in [6, 6.07) is 13.8. The molecule has 1 N–H and O–H groups in total. The van der Waals surface area contributed by atoms with E-state index in [9.17, 15) is 14.4 Å². The van der Waals surface area contributed by atoms with Crippen LogP contribution < -0.4 is 10.2 Å². The van der Waals surface area contributed by atoms with Crippen molar-refractivity contribution in [1.29, 1.82) is 0 Å². The Bertz CT molecular complexity index is 1110. The lowest BCUT2D eigenvalue weighted by Gasteiger charge is -2.14. The van der Waals surface area contributed by atoms with Crippen LogP contribution in [0, 0.1) is 6.92 Å². The van der Waals surface area contributed by atoms with Crippen molar-refractivity contribution in [3.05, 3.63) is 64.0 Å². The van der Waals surface area contributed by atoms with Crippen molar-refractivity contribution in [2.45, 2.75) is 19.8 Å². The Morgan fingerprint density at radius 1 is 1.10 bits per heavy atom. The number of rotatable bonds is 4. The highest BCUT2D eigenvalue weighted by molar-refractivity contribution is 7.16. The van der Waals surface area contributed by atoms with Gasteiger partial charge in [-0.3, -0.25) is 24.6 Å². The van der Waals surface area contributed by atoms with Gasteiger partial charge >= 0.3 is 0 Å². The second-order valence-electron chi connectivity index (χ2n) is 6.56. The van der Waals surface area contributed by atoms with E-state index in [2.05, 4.69) is 10.3 Å². The van der Waals surface area contributed by atoms with Crippen LogP contribution in [0.5, 0.6) is 0 Å². The molecule has 1 saturated heterocycles. The number of amides is 3. The van der Waals surface area contributed by atoms with Crippen LogP contribution in [0.25, 0.3) is 11.3 Å². The molecule has 3 amide bonds. The van der Waals surface area contributed by atoms with Crippen molar-refractivity contribution in [3.63, 3.8) is 0 Å². The summed E-state index contributed by atoms with van der Waals surface area (Å²) in [4.78, 5) is 43.2. The van der Waals surface area contributed by atoms with E-state index in [1.54, 1.807) is 30.3 Å². The molecular weight excluding hydrogens is 410 g/mol. The Labute approximate surface area is 176 Å². The molecule has 2 heterocycles. The third-order valence-corrected chi connectivity index (χ3v) is 5.69. The number of halogens is 1. The highest BCUT2D eigenvalue weighted by Gasteiger charge is 2.30. The standard InChI is InChI=1S/C21H16ClN3O3S/c1-12-19(13-5-7-15(22)8-6-13)23-21(29-12)24-20(28)14-3-2-4-16(11-14)25-17(26)9-10-18(25)27/h2-8,11H,9-10H2,1H3,(H,23,24,28). The molecule has 0 radical (unpaired) electrons. The molecule has 1 aliphatic heterocycles. The molecule has 146 valence electrons. The maximum absolute atomic E-state index is 12.7. The number of carbonyl (C=O) groups excluding carboxylic acids is 3. The number of hydrogen-bond donors (Lipinski definition) is 1. The Balaban J connectivity index is 1.55. The second-order valence-corrected chi connectivity index (χ2v) is 8.20. The predicted octanol–water partition coefficient (Wildman–Crippen LogP) is 4.68. The van der Waals surface area contributed by atoms with Crippen LogP contribution in [0.15, 0.2) is 48.5 Å². The van der Waals surface area contributed by atoms with Crippen LogP contribution in [0.1, 0.15) is 28.1 Å². The van der Waals surface area contributed by atoms with Crippen molar-refractivity contribution in [1.82, 2.24) is 4.98 Å². The van der Waals surface area contributed by atoms with Gasteiger partial charge in [0.25, 0.3) is 5.91 Å².